The fourth-order valence-corrected chi connectivity index (χ4v) is 2.55. The molecule has 0 saturated carbocycles. The Labute approximate surface area is 90.3 Å². The van der Waals surface area contributed by atoms with E-state index >= 15 is 0 Å². The molecule has 0 amide bonds. The predicted octanol–water partition coefficient (Wildman–Crippen LogP) is 3.66. The third kappa shape index (κ3) is 1.62. The Kier molecular flexibility index (Phi) is 2.34. The minimum Gasteiger partial charge on any atom is -0.332 e. The second-order valence-electron chi connectivity index (χ2n) is 2.19. The maximum Gasteiger partial charge on any atom is 0.174 e. The van der Waals surface area contributed by atoms with E-state index in [0.29, 0.717) is 0 Å². The molecule has 0 saturated heterocycles. The summed E-state index contributed by atoms with van der Waals surface area (Å²) in [5, 5.41) is 0. The van der Waals surface area contributed by atoms with Crippen LogP contribution in [0.4, 0.5) is 0 Å². The normalized spacial score (nSPS) is 10.5. The van der Waals surface area contributed by atoms with Crippen molar-refractivity contribution in [3.8, 4) is 10.6 Å². The second kappa shape index (κ2) is 3.32. The highest BCUT2D eigenvalue weighted by molar-refractivity contribution is 9.11. The average molecular weight is 308 g/mol. The molecule has 2 aromatic heterocycles. The van der Waals surface area contributed by atoms with Gasteiger partial charge >= 0.3 is 0 Å². The molecule has 0 unspecified atom stereocenters. The fraction of sp³-hybridized carbons (Fsp3) is 0. The van der Waals surface area contributed by atoms with Gasteiger partial charge in [0, 0.05) is 0 Å². The van der Waals surface area contributed by atoms with Gasteiger partial charge in [0.05, 0.1) is 20.6 Å². The van der Waals surface area contributed by atoms with E-state index in [9.17, 15) is 0 Å². The second-order valence-corrected chi connectivity index (χ2v) is 5.41. The lowest BCUT2D eigenvalue weighted by atomic mass is 10.4. The van der Waals surface area contributed by atoms with Gasteiger partial charge in [0.2, 0.25) is 0 Å². The molecule has 0 fully saturated rings. The summed E-state index contributed by atoms with van der Waals surface area (Å²) in [5.41, 5.74) is 1.04. The van der Waals surface area contributed by atoms with Crippen LogP contribution in [0.5, 0.6) is 0 Å². The van der Waals surface area contributed by atoms with Crippen molar-refractivity contribution in [2.45, 2.75) is 0 Å². The van der Waals surface area contributed by atoms with E-state index in [2.05, 4.69) is 47.9 Å². The van der Waals surface area contributed by atoms with Gasteiger partial charge in [-0.05, 0) is 44.0 Å². The van der Waals surface area contributed by atoms with Crippen molar-refractivity contribution in [2.75, 3.05) is 0 Å². The Morgan fingerprint density at radius 3 is 2.67 bits per heavy atom. The number of nitrogens with one attached hydrogen (secondary N) is 1. The van der Waals surface area contributed by atoms with E-state index in [1.54, 1.807) is 11.3 Å². The third-order valence-corrected chi connectivity index (χ3v) is 3.44. The van der Waals surface area contributed by atoms with Crippen LogP contribution in [0.2, 0.25) is 0 Å². The molecule has 2 nitrogen and oxygen atoms in total. The summed E-state index contributed by atoms with van der Waals surface area (Å²) in [4.78, 5) is 8.34. The van der Waals surface area contributed by atoms with Crippen molar-refractivity contribution in [1.82, 2.24) is 9.97 Å². The summed E-state index contributed by atoms with van der Waals surface area (Å²) in [7, 11) is 0. The molecule has 0 radical (unpaired) electrons. The van der Waals surface area contributed by atoms with Crippen molar-refractivity contribution in [1.29, 1.82) is 0 Å². The summed E-state index contributed by atoms with van der Waals surface area (Å²) in [6, 6.07) is 4.07. The number of nitrogens with zero attached hydrogens (tertiary/aromatic N) is 1. The number of rotatable bonds is 1. The Hall–Kier alpha value is -0.130. The van der Waals surface area contributed by atoms with Gasteiger partial charge in [-0.25, -0.2) is 4.98 Å². The largest absolute Gasteiger partial charge is 0.332 e. The molecular formula is C7H4Br2N2S. The molecule has 62 valence electrons. The fourth-order valence-electron chi connectivity index (χ4n) is 0.881. The lowest BCUT2D eigenvalue weighted by Gasteiger charge is -1.86. The quantitative estimate of drug-likeness (QED) is 0.855. The van der Waals surface area contributed by atoms with Gasteiger partial charge in [0.25, 0.3) is 0 Å². The van der Waals surface area contributed by atoms with Gasteiger partial charge in [0.15, 0.2) is 4.73 Å². The summed E-state index contributed by atoms with van der Waals surface area (Å²) < 4.78 is 1.89. The first-order chi connectivity index (χ1) is 5.75. The van der Waals surface area contributed by atoms with Gasteiger partial charge in [-0.15, -0.1) is 11.3 Å². The molecule has 0 atom stereocenters. The van der Waals surface area contributed by atoms with E-state index in [1.807, 2.05) is 12.3 Å². The van der Waals surface area contributed by atoms with Crippen LogP contribution in [0.3, 0.4) is 0 Å². The smallest absolute Gasteiger partial charge is 0.174 e. The van der Waals surface area contributed by atoms with Crippen LogP contribution >= 0.6 is 43.2 Å². The Morgan fingerprint density at radius 2 is 2.17 bits per heavy atom. The molecule has 0 aliphatic heterocycles. The summed E-state index contributed by atoms with van der Waals surface area (Å²) in [5.74, 6) is 0. The molecular weight excluding hydrogens is 304 g/mol. The number of hydrogen-bond donors (Lipinski definition) is 1. The molecule has 2 rings (SSSR count). The summed E-state index contributed by atoms with van der Waals surface area (Å²) in [6.45, 7) is 0. The van der Waals surface area contributed by atoms with Crippen molar-refractivity contribution in [2.24, 2.45) is 0 Å². The number of H-pyrrole nitrogens is 1. The number of halogens is 2. The van der Waals surface area contributed by atoms with E-state index in [0.717, 1.165) is 14.2 Å². The minimum absolute atomic E-state index is 0.766. The van der Waals surface area contributed by atoms with Crippen molar-refractivity contribution < 1.29 is 0 Å². The Bertz CT molecular complexity index is 355. The highest BCUT2D eigenvalue weighted by Gasteiger charge is 2.03. The van der Waals surface area contributed by atoms with Crippen molar-refractivity contribution in [3.63, 3.8) is 0 Å². The number of thiophene rings is 1. The van der Waals surface area contributed by atoms with Gasteiger partial charge in [-0.3, -0.25) is 0 Å². The van der Waals surface area contributed by atoms with Gasteiger partial charge < -0.3 is 4.98 Å². The number of imidazole rings is 1. The highest BCUT2D eigenvalue weighted by Crippen LogP contribution is 2.30. The molecule has 2 heterocycles. The number of aromatic nitrogens is 2. The number of aromatic amines is 1. The van der Waals surface area contributed by atoms with Crippen LogP contribution in [0.1, 0.15) is 0 Å². The standard InChI is InChI=1S/C7H4Br2N2S/c8-6-2-1-5(12-6)4-3-10-7(9)11-4/h1-3H,(H,10,11). The van der Waals surface area contributed by atoms with Crippen LogP contribution in [-0.2, 0) is 0 Å². The maximum atomic E-state index is 4.05. The zero-order valence-corrected chi connectivity index (χ0v) is 9.83. The number of hydrogen-bond acceptors (Lipinski definition) is 2. The van der Waals surface area contributed by atoms with Crippen LogP contribution in [0.25, 0.3) is 10.6 Å². The predicted molar refractivity (Wildman–Crippen MR) is 57.3 cm³/mol. The molecule has 0 bridgehead atoms. The highest BCUT2D eigenvalue weighted by atomic mass is 79.9. The molecule has 5 heteroatoms. The topological polar surface area (TPSA) is 28.7 Å². The van der Waals surface area contributed by atoms with Crippen LogP contribution in [0, 0.1) is 0 Å². The van der Waals surface area contributed by atoms with Crippen molar-refractivity contribution in [3.05, 3.63) is 26.8 Å². The lowest BCUT2D eigenvalue weighted by molar-refractivity contribution is 1.24. The third-order valence-electron chi connectivity index (χ3n) is 1.38. The van der Waals surface area contributed by atoms with Crippen LogP contribution < -0.4 is 0 Å². The SMILES string of the molecule is Brc1ncc(-c2ccc(Br)s2)[nH]1. The monoisotopic (exact) mass is 306 g/mol. The minimum atomic E-state index is 0.766. The Balaban J connectivity index is 2.43. The van der Waals surface area contributed by atoms with E-state index < -0.39 is 0 Å². The van der Waals surface area contributed by atoms with Gasteiger partial charge in [-0.2, -0.15) is 0 Å². The lowest BCUT2D eigenvalue weighted by Crippen LogP contribution is -1.68. The zero-order valence-electron chi connectivity index (χ0n) is 5.84. The maximum absolute atomic E-state index is 4.05. The summed E-state index contributed by atoms with van der Waals surface area (Å²) in [6.07, 6.45) is 1.81. The molecule has 2 aromatic rings. The van der Waals surface area contributed by atoms with Gasteiger partial charge in [-0.1, -0.05) is 0 Å². The average Bonchev–Trinajstić information content (AvgIpc) is 2.58. The Morgan fingerprint density at radius 1 is 1.33 bits per heavy atom. The molecule has 0 aliphatic rings. The molecule has 12 heavy (non-hydrogen) atoms. The molecule has 0 aromatic carbocycles. The first-order valence-electron chi connectivity index (χ1n) is 3.22. The van der Waals surface area contributed by atoms with Crippen LogP contribution in [0.15, 0.2) is 26.8 Å². The first-order valence-corrected chi connectivity index (χ1v) is 5.62. The molecule has 0 spiro atoms. The summed E-state index contributed by atoms with van der Waals surface area (Å²) >= 11 is 8.35. The van der Waals surface area contributed by atoms with Crippen molar-refractivity contribution >= 4 is 43.2 Å². The van der Waals surface area contributed by atoms with Gasteiger partial charge in [0.1, 0.15) is 0 Å². The van der Waals surface area contributed by atoms with E-state index in [-0.39, 0.29) is 0 Å². The molecule has 0 aliphatic carbocycles. The zero-order chi connectivity index (χ0) is 8.55. The van der Waals surface area contributed by atoms with E-state index in [4.69, 9.17) is 0 Å². The van der Waals surface area contributed by atoms with Crippen LogP contribution in [-0.4, -0.2) is 9.97 Å². The molecule has 1 N–H and O–H groups in total. The van der Waals surface area contributed by atoms with E-state index in [1.165, 1.54) is 4.88 Å². The first kappa shape index (κ1) is 8.47.